The van der Waals surface area contributed by atoms with Gasteiger partial charge in [0, 0.05) is 28.2 Å². The Morgan fingerprint density at radius 3 is 2.72 bits per heavy atom. The zero-order chi connectivity index (χ0) is 12.5. The van der Waals surface area contributed by atoms with Crippen molar-refractivity contribution in [3.05, 3.63) is 60.3 Å². The van der Waals surface area contributed by atoms with E-state index in [4.69, 9.17) is 5.73 Å². The summed E-state index contributed by atoms with van der Waals surface area (Å²) in [5, 5.41) is 1.14. The van der Waals surface area contributed by atoms with Crippen LogP contribution in [-0.4, -0.2) is 10.9 Å². The van der Waals surface area contributed by atoms with Crippen LogP contribution < -0.4 is 5.73 Å². The van der Waals surface area contributed by atoms with Crippen LogP contribution in [0.25, 0.3) is 22.0 Å². The summed E-state index contributed by atoms with van der Waals surface area (Å²) >= 11 is 0. The van der Waals surface area contributed by atoms with Crippen molar-refractivity contribution in [3.8, 4) is 11.1 Å². The summed E-state index contributed by atoms with van der Waals surface area (Å²) in [6.07, 6.45) is 1.95. The SMILES string of the molecule is NC(=O)c1cccc(-c2c[nH]c3ccccc23)c1. The maximum Gasteiger partial charge on any atom is 0.248 e. The molecule has 0 unspecified atom stereocenters. The molecule has 0 bridgehead atoms. The Labute approximate surface area is 104 Å². The number of carbonyl (C=O) groups excluding carboxylic acids is 1. The first-order valence-electron chi connectivity index (χ1n) is 5.72. The van der Waals surface area contributed by atoms with Crippen LogP contribution in [-0.2, 0) is 0 Å². The molecular weight excluding hydrogens is 224 g/mol. The average molecular weight is 236 g/mol. The molecule has 0 saturated heterocycles. The molecule has 2 aromatic carbocycles. The molecule has 88 valence electrons. The van der Waals surface area contributed by atoms with Gasteiger partial charge in [-0.25, -0.2) is 0 Å². The summed E-state index contributed by atoms with van der Waals surface area (Å²) < 4.78 is 0. The molecule has 3 aromatic rings. The highest BCUT2D eigenvalue weighted by molar-refractivity contribution is 5.98. The largest absolute Gasteiger partial charge is 0.366 e. The van der Waals surface area contributed by atoms with E-state index in [1.807, 2.05) is 42.6 Å². The molecule has 1 aromatic heterocycles. The number of hydrogen-bond donors (Lipinski definition) is 2. The number of carbonyl (C=O) groups is 1. The third-order valence-electron chi connectivity index (χ3n) is 3.05. The van der Waals surface area contributed by atoms with E-state index >= 15 is 0 Å². The molecular formula is C15H12N2O. The number of nitrogens with one attached hydrogen (secondary N) is 1. The fourth-order valence-electron chi connectivity index (χ4n) is 2.15. The third-order valence-corrected chi connectivity index (χ3v) is 3.05. The zero-order valence-electron chi connectivity index (χ0n) is 9.68. The minimum atomic E-state index is -0.406. The molecule has 0 aliphatic carbocycles. The third kappa shape index (κ3) is 1.66. The van der Waals surface area contributed by atoms with E-state index < -0.39 is 5.91 Å². The smallest absolute Gasteiger partial charge is 0.248 e. The number of para-hydroxylation sites is 1. The van der Waals surface area contributed by atoms with E-state index in [0.29, 0.717) is 5.56 Å². The first kappa shape index (κ1) is 10.6. The van der Waals surface area contributed by atoms with Gasteiger partial charge in [0.05, 0.1) is 0 Å². The Morgan fingerprint density at radius 1 is 1.06 bits per heavy atom. The number of aromatic amines is 1. The predicted molar refractivity (Wildman–Crippen MR) is 72.3 cm³/mol. The number of hydrogen-bond acceptors (Lipinski definition) is 1. The molecule has 1 heterocycles. The molecule has 18 heavy (non-hydrogen) atoms. The Morgan fingerprint density at radius 2 is 1.89 bits per heavy atom. The van der Waals surface area contributed by atoms with Crippen molar-refractivity contribution in [2.24, 2.45) is 5.73 Å². The number of H-pyrrole nitrogens is 1. The molecule has 3 rings (SSSR count). The van der Waals surface area contributed by atoms with Gasteiger partial charge < -0.3 is 10.7 Å². The Balaban J connectivity index is 2.20. The normalized spacial score (nSPS) is 10.7. The summed E-state index contributed by atoms with van der Waals surface area (Å²) in [5.41, 5.74) is 8.98. The van der Waals surface area contributed by atoms with Gasteiger partial charge in [-0.05, 0) is 23.8 Å². The molecule has 3 heteroatoms. The minimum absolute atomic E-state index is 0.406. The standard InChI is InChI=1S/C15H12N2O/c16-15(18)11-5-3-4-10(8-11)13-9-17-14-7-2-1-6-12(13)14/h1-9,17H,(H2,16,18). The predicted octanol–water partition coefficient (Wildman–Crippen LogP) is 2.93. The van der Waals surface area contributed by atoms with Crippen LogP contribution in [0.15, 0.2) is 54.7 Å². The quantitative estimate of drug-likeness (QED) is 0.706. The highest BCUT2D eigenvalue weighted by atomic mass is 16.1. The van der Waals surface area contributed by atoms with Crippen molar-refractivity contribution in [2.75, 3.05) is 0 Å². The number of fused-ring (bicyclic) bond motifs is 1. The van der Waals surface area contributed by atoms with Crippen molar-refractivity contribution < 1.29 is 4.79 Å². The molecule has 0 spiro atoms. The molecule has 3 N–H and O–H groups in total. The number of nitrogens with two attached hydrogens (primary N) is 1. The molecule has 3 nitrogen and oxygen atoms in total. The lowest BCUT2D eigenvalue weighted by molar-refractivity contribution is 0.100. The number of primary amides is 1. The van der Waals surface area contributed by atoms with Gasteiger partial charge in [0.2, 0.25) is 5.91 Å². The molecule has 1 amide bonds. The summed E-state index contributed by atoms with van der Waals surface area (Å²) in [6.45, 7) is 0. The summed E-state index contributed by atoms with van der Waals surface area (Å²) in [5.74, 6) is -0.406. The fourth-order valence-corrected chi connectivity index (χ4v) is 2.15. The number of benzene rings is 2. The zero-order valence-corrected chi connectivity index (χ0v) is 9.68. The highest BCUT2D eigenvalue weighted by Gasteiger charge is 2.07. The first-order valence-corrected chi connectivity index (χ1v) is 5.72. The average Bonchev–Trinajstić information content (AvgIpc) is 2.82. The van der Waals surface area contributed by atoms with Gasteiger partial charge in [0.25, 0.3) is 0 Å². The van der Waals surface area contributed by atoms with Crippen LogP contribution in [0.5, 0.6) is 0 Å². The van der Waals surface area contributed by atoms with E-state index in [1.165, 1.54) is 0 Å². The summed E-state index contributed by atoms with van der Waals surface area (Å²) in [6, 6.07) is 15.4. The van der Waals surface area contributed by atoms with E-state index in [2.05, 4.69) is 11.1 Å². The van der Waals surface area contributed by atoms with Gasteiger partial charge in [-0.2, -0.15) is 0 Å². The second-order valence-electron chi connectivity index (χ2n) is 4.19. The van der Waals surface area contributed by atoms with E-state index in [0.717, 1.165) is 22.0 Å². The van der Waals surface area contributed by atoms with E-state index in [1.54, 1.807) is 6.07 Å². The van der Waals surface area contributed by atoms with Crippen LogP contribution in [0.2, 0.25) is 0 Å². The van der Waals surface area contributed by atoms with Crippen LogP contribution in [0.1, 0.15) is 10.4 Å². The molecule has 0 aliphatic heterocycles. The maximum atomic E-state index is 11.2. The topological polar surface area (TPSA) is 58.9 Å². The lowest BCUT2D eigenvalue weighted by Crippen LogP contribution is -2.10. The Hall–Kier alpha value is -2.55. The Kier molecular flexibility index (Phi) is 2.38. The van der Waals surface area contributed by atoms with Gasteiger partial charge in [-0.3, -0.25) is 4.79 Å². The molecule has 0 atom stereocenters. The van der Waals surface area contributed by atoms with Gasteiger partial charge in [0.15, 0.2) is 0 Å². The molecule has 0 fully saturated rings. The lowest BCUT2D eigenvalue weighted by Gasteiger charge is -2.01. The van der Waals surface area contributed by atoms with Crippen LogP contribution >= 0.6 is 0 Å². The van der Waals surface area contributed by atoms with Crippen molar-refractivity contribution in [1.29, 1.82) is 0 Å². The van der Waals surface area contributed by atoms with Crippen molar-refractivity contribution in [2.45, 2.75) is 0 Å². The monoisotopic (exact) mass is 236 g/mol. The highest BCUT2D eigenvalue weighted by Crippen LogP contribution is 2.28. The van der Waals surface area contributed by atoms with Gasteiger partial charge in [-0.1, -0.05) is 30.3 Å². The lowest BCUT2D eigenvalue weighted by atomic mass is 10.0. The second kappa shape index (κ2) is 4.04. The summed E-state index contributed by atoms with van der Waals surface area (Å²) in [7, 11) is 0. The van der Waals surface area contributed by atoms with Crippen LogP contribution in [0, 0.1) is 0 Å². The van der Waals surface area contributed by atoms with Gasteiger partial charge in [-0.15, -0.1) is 0 Å². The van der Waals surface area contributed by atoms with E-state index in [9.17, 15) is 4.79 Å². The Bertz CT molecular complexity index is 728. The first-order chi connectivity index (χ1) is 8.75. The van der Waals surface area contributed by atoms with Crippen LogP contribution in [0.3, 0.4) is 0 Å². The fraction of sp³-hybridized carbons (Fsp3) is 0. The number of rotatable bonds is 2. The minimum Gasteiger partial charge on any atom is -0.366 e. The van der Waals surface area contributed by atoms with Crippen molar-refractivity contribution in [3.63, 3.8) is 0 Å². The number of amides is 1. The van der Waals surface area contributed by atoms with E-state index in [-0.39, 0.29) is 0 Å². The van der Waals surface area contributed by atoms with Gasteiger partial charge in [0.1, 0.15) is 0 Å². The van der Waals surface area contributed by atoms with Gasteiger partial charge >= 0.3 is 0 Å². The maximum absolute atomic E-state index is 11.2. The molecule has 0 saturated carbocycles. The molecule has 0 aliphatic rings. The number of aromatic nitrogens is 1. The second-order valence-corrected chi connectivity index (χ2v) is 4.19. The molecule has 0 radical (unpaired) electrons. The van der Waals surface area contributed by atoms with Crippen LogP contribution in [0.4, 0.5) is 0 Å². The van der Waals surface area contributed by atoms with Crippen molar-refractivity contribution in [1.82, 2.24) is 4.98 Å². The van der Waals surface area contributed by atoms with Crippen molar-refractivity contribution >= 4 is 16.8 Å². The summed E-state index contributed by atoms with van der Waals surface area (Å²) in [4.78, 5) is 14.4.